The van der Waals surface area contributed by atoms with Gasteiger partial charge in [0.05, 0.1) is 11.4 Å². The van der Waals surface area contributed by atoms with Gasteiger partial charge in [-0.3, -0.25) is 0 Å². The summed E-state index contributed by atoms with van der Waals surface area (Å²) in [5, 5.41) is 3.14. The van der Waals surface area contributed by atoms with Crippen LogP contribution in [0.25, 0.3) is 0 Å². The smallest absolute Gasteiger partial charge is 0.745 e. The Bertz CT molecular complexity index is 1100. The van der Waals surface area contributed by atoms with Crippen molar-refractivity contribution >= 4 is 21.5 Å². The van der Waals surface area contributed by atoms with Gasteiger partial charge >= 0.3 is 29.6 Å². The van der Waals surface area contributed by atoms with Crippen LogP contribution >= 0.6 is 0 Å². The van der Waals surface area contributed by atoms with Crippen molar-refractivity contribution in [3.63, 3.8) is 0 Å². The summed E-state index contributed by atoms with van der Waals surface area (Å²) in [6.45, 7) is 2.65. The van der Waals surface area contributed by atoms with Crippen LogP contribution in [0.3, 0.4) is 0 Å². The van der Waals surface area contributed by atoms with E-state index in [1.807, 2.05) is 54.6 Å². The number of nitrogens with one attached hydrogen (secondary N) is 1. The normalized spacial score (nSPS) is 16.1. The second-order valence-corrected chi connectivity index (χ2v) is 14.0. The Kier molecular flexibility index (Phi) is 19.2. The van der Waals surface area contributed by atoms with Crippen LogP contribution in [-0.4, -0.2) is 18.0 Å². The number of nitrogens with zero attached hydrogens (tertiary/aromatic N) is 1. The molecule has 0 fully saturated rings. The van der Waals surface area contributed by atoms with E-state index in [4.69, 9.17) is 0 Å². The minimum absolute atomic E-state index is 0. The van der Waals surface area contributed by atoms with Gasteiger partial charge in [0.2, 0.25) is 4.99 Å². The topological polar surface area (TPSA) is 72.5 Å². The van der Waals surface area contributed by atoms with Crippen molar-refractivity contribution in [3.8, 4) is 0 Å². The molecule has 5 nitrogen and oxygen atoms in total. The molecule has 0 bridgehead atoms. The zero-order valence-corrected chi connectivity index (χ0v) is 30.1. The number of unbranched alkanes of at least 4 members (excludes halogenated alkanes) is 19. The predicted octanol–water partition coefficient (Wildman–Crippen LogP) is 7.53. The summed E-state index contributed by atoms with van der Waals surface area (Å²) in [4.78, 5) is 0.121. The number of rotatable bonds is 24. The summed E-state index contributed by atoms with van der Waals surface area (Å²) in [7, 11) is -4.66. The van der Waals surface area contributed by atoms with Gasteiger partial charge in [-0.25, -0.2) is 8.42 Å². The molecule has 2 aromatic rings. The number of fused-ring (bicyclic) bond motifs is 1. The Balaban J connectivity index is 0.00000645. The predicted molar refractivity (Wildman–Crippen MR) is 178 cm³/mol. The first-order valence-electron chi connectivity index (χ1n) is 17.1. The number of hydrogen-bond acceptors (Lipinski definition) is 5. The van der Waals surface area contributed by atoms with Crippen LogP contribution in [0.15, 0.2) is 54.6 Å². The van der Waals surface area contributed by atoms with Gasteiger partial charge in [-0.2, -0.15) is 0 Å². The first-order valence-corrected chi connectivity index (χ1v) is 18.5. The fraction of sp³-hybridized carbons (Fsp3) is 0.667. The molecule has 1 unspecified atom stereocenters. The van der Waals surface area contributed by atoms with E-state index >= 15 is 0 Å². The van der Waals surface area contributed by atoms with Crippen molar-refractivity contribution < 1.29 is 42.5 Å². The molecular formula is C36H57N2NaO3S. The van der Waals surface area contributed by atoms with Gasteiger partial charge in [0.25, 0.3) is 0 Å². The maximum absolute atomic E-state index is 12.8. The Morgan fingerprint density at radius 3 is 1.51 bits per heavy atom. The summed E-state index contributed by atoms with van der Waals surface area (Å²) in [6.07, 6.45) is 26.3. The third-order valence-electron chi connectivity index (χ3n) is 8.93. The van der Waals surface area contributed by atoms with Gasteiger partial charge in [0, 0.05) is 13.0 Å². The Morgan fingerprint density at radius 1 is 0.628 bits per heavy atom. The number of anilines is 2. The van der Waals surface area contributed by atoms with Gasteiger partial charge in [-0.15, -0.1) is 0 Å². The molecule has 0 aromatic heterocycles. The van der Waals surface area contributed by atoms with Gasteiger partial charge in [0.15, 0.2) is 0 Å². The summed E-state index contributed by atoms with van der Waals surface area (Å²) in [5.41, 5.74) is 2.46. The number of hydrogen-bond donors (Lipinski definition) is 1. The minimum Gasteiger partial charge on any atom is -0.745 e. The van der Waals surface area contributed by atoms with Crippen LogP contribution in [0.1, 0.15) is 147 Å². The van der Waals surface area contributed by atoms with Crippen molar-refractivity contribution in [1.82, 2.24) is 0 Å². The maximum Gasteiger partial charge on any atom is 1.00 e. The standard InChI is InChI=1S/C36H58N2O3S.Na/c1-2-3-4-5-6-7-8-9-10-11-12-13-14-15-16-17-18-19-20-26-31-36(42(39,40)41)37-34-29-24-25-30-35(34)38(36)32-33-27-22-21-23-28-33;/h21-25,27-30,37H,2-20,26,31-32H2,1H3,(H,39,40,41);/q;+1/p-1. The van der Waals surface area contributed by atoms with E-state index in [-0.39, 0.29) is 36.0 Å². The van der Waals surface area contributed by atoms with Crippen LogP contribution in [0.4, 0.5) is 11.4 Å². The molecule has 0 amide bonds. The minimum atomic E-state index is -4.66. The Hall–Kier alpha value is -1.05. The van der Waals surface area contributed by atoms with Crippen LogP contribution in [-0.2, 0) is 16.7 Å². The molecule has 1 atom stereocenters. The van der Waals surface area contributed by atoms with E-state index in [1.54, 1.807) is 4.90 Å². The molecule has 1 aliphatic heterocycles. The van der Waals surface area contributed by atoms with Crippen LogP contribution < -0.4 is 39.8 Å². The van der Waals surface area contributed by atoms with Gasteiger partial charge < -0.3 is 14.8 Å². The SMILES string of the molecule is CCCCCCCCCCCCCCCCCCCCCCC1(S(=O)(=O)[O-])Nc2ccccc2N1Cc1ccccc1.[Na+]. The number of benzene rings is 2. The summed E-state index contributed by atoms with van der Waals surface area (Å²) in [5.74, 6) is 0. The van der Waals surface area contributed by atoms with Crippen LogP contribution in [0, 0.1) is 0 Å². The molecule has 2 aromatic carbocycles. The first kappa shape index (κ1) is 38.1. The van der Waals surface area contributed by atoms with Gasteiger partial charge in [0.1, 0.15) is 10.1 Å². The average molecular weight is 621 g/mol. The largest absolute Gasteiger partial charge is 1.00 e. The third-order valence-corrected chi connectivity index (χ3v) is 10.3. The second-order valence-electron chi connectivity index (χ2n) is 12.4. The first-order chi connectivity index (χ1) is 20.5. The second kappa shape index (κ2) is 21.6. The van der Waals surface area contributed by atoms with Crippen LogP contribution in [0.5, 0.6) is 0 Å². The van der Waals surface area contributed by atoms with Crippen molar-refractivity contribution in [1.29, 1.82) is 0 Å². The molecule has 3 rings (SSSR count). The molecule has 7 heteroatoms. The summed E-state index contributed by atoms with van der Waals surface area (Å²) >= 11 is 0. The molecule has 0 aliphatic carbocycles. The maximum atomic E-state index is 12.8. The monoisotopic (exact) mass is 620 g/mol. The molecule has 43 heavy (non-hydrogen) atoms. The Morgan fingerprint density at radius 2 is 1.05 bits per heavy atom. The molecule has 0 spiro atoms. The summed E-state index contributed by atoms with van der Waals surface area (Å²) < 4.78 is 38.4. The van der Waals surface area contributed by atoms with E-state index in [0.29, 0.717) is 18.7 Å². The quantitative estimate of drug-likeness (QED) is 0.0746. The summed E-state index contributed by atoms with van der Waals surface area (Å²) in [6, 6.07) is 17.3. The van der Waals surface area contributed by atoms with E-state index in [0.717, 1.165) is 24.1 Å². The fourth-order valence-corrected chi connectivity index (χ4v) is 7.47. The van der Waals surface area contributed by atoms with E-state index in [1.165, 1.54) is 109 Å². The van der Waals surface area contributed by atoms with Crippen LogP contribution in [0.2, 0.25) is 0 Å². The van der Waals surface area contributed by atoms with Crippen molar-refractivity contribution in [2.24, 2.45) is 0 Å². The zero-order chi connectivity index (χ0) is 29.9. The molecule has 1 heterocycles. The fourth-order valence-electron chi connectivity index (χ4n) is 6.41. The van der Waals surface area contributed by atoms with E-state index in [2.05, 4.69) is 12.2 Å². The molecule has 236 valence electrons. The van der Waals surface area contributed by atoms with E-state index < -0.39 is 15.1 Å². The molecule has 0 radical (unpaired) electrons. The van der Waals surface area contributed by atoms with Gasteiger partial charge in [-0.05, 0) is 24.1 Å². The molecule has 0 saturated heterocycles. The Labute approximate surface area is 286 Å². The molecule has 1 N–H and O–H groups in total. The molecule has 1 aliphatic rings. The average Bonchev–Trinajstić information content (AvgIpc) is 3.31. The van der Waals surface area contributed by atoms with Crippen molar-refractivity contribution in [2.45, 2.75) is 153 Å². The number of para-hydroxylation sites is 2. The molecular weight excluding hydrogens is 563 g/mol. The third kappa shape index (κ3) is 13.1. The van der Waals surface area contributed by atoms with E-state index in [9.17, 15) is 13.0 Å². The zero-order valence-electron chi connectivity index (χ0n) is 27.3. The van der Waals surface area contributed by atoms with Gasteiger partial charge in [-0.1, -0.05) is 171 Å². The van der Waals surface area contributed by atoms with Crippen molar-refractivity contribution in [3.05, 3.63) is 60.2 Å². The van der Waals surface area contributed by atoms with Crippen molar-refractivity contribution in [2.75, 3.05) is 10.2 Å². The molecule has 0 saturated carbocycles.